The van der Waals surface area contributed by atoms with Gasteiger partial charge in [0.25, 0.3) is 0 Å². The van der Waals surface area contributed by atoms with Gasteiger partial charge in [-0.3, -0.25) is 0 Å². The molecule has 3 aromatic carbocycles. The van der Waals surface area contributed by atoms with Gasteiger partial charge in [0.1, 0.15) is 0 Å². The fraction of sp³-hybridized carbons (Fsp3) is 0.100. The van der Waals surface area contributed by atoms with Gasteiger partial charge in [0.2, 0.25) is 0 Å². The predicted molar refractivity (Wildman–Crippen MR) is 103 cm³/mol. The van der Waals surface area contributed by atoms with Crippen molar-refractivity contribution in [1.29, 1.82) is 0 Å². The summed E-state index contributed by atoms with van der Waals surface area (Å²) in [5, 5.41) is 2.54. The maximum Gasteiger partial charge on any atom is 0.0571 e. The first-order valence-corrected chi connectivity index (χ1v) is 8.55. The Morgan fingerprint density at radius 3 is 2.48 bits per heavy atom. The number of nitrogens with two attached hydrogens (primary N) is 1. The molecule has 0 amide bonds. The third-order valence-electron chi connectivity index (χ3n) is 4.41. The summed E-state index contributed by atoms with van der Waals surface area (Å²) in [5.74, 6) is 0. The maximum atomic E-state index is 6.24. The third-order valence-corrected chi connectivity index (χ3v) is 4.91. The molecule has 0 saturated carbocycles. The van der Waals surface area contributed by atoms with Gasteiger partial charge in [-0.05, 0) is 31.2 Å². The van der Waals surface area contributed by atoms with Crippen molar-refractivity contribution in [2.24, 2.45) is 0 Å². The van der Waals surface area contributed by atoms with Crippen molar-refractivity contribution in [1.82, 2.24) is 4.57 Å². The highest BCUT2D eigenvalue weighted by atomic mass is 79.9. The summed E-state index contributed by atoms with van der Waals surface area (Å²) in [6.45, 7) is 3.11. The van der Waals surface area contributed by atoms with Gasteiger partial charge in [0.05, 0.1) is 5.52 Å². The summed E-state index contributed by atoms with van der Waals surface area (Å²) in [5.41, 5.74) is 11.8. The van der Waals surface area contributed by atoms with Crippen LogP contribution in [0.25, 0.3) is 32.9 Å². The smallest absolute Gasteiger partial charge is 0.0571 e. The molecule has 2 nitrogen and oxygen atoms in total. The number of nitrogens with zero attached hydrogens (tertiary/aromatic N) is 1. The van der Waals surface area contributed by atoms with Crippen LogP contribution in [0.3, 0.4) is 0 Å². The lowest BCUT2D eigenvalue weighted by atomic mass is 10.0. The minimum Gasteiger partial charge on any atom is -0.398 e. The standard InChI is InChI=1S/C20H17BrN2/c1-2-23-19-11-10-13(21)12-17(19)16-8-5-7-15(20(16)23)14-6-3-4-9-18(14)22/h3-12H,2,22H2,1H3. The summed E-state index contributed by atoms with van der Waals surface area (Å²) in [4.78, 5) is 0. The van der Waals surface area contributed by atoms with Gasteiger partial charge in [-0.25, -0.2) is 0 Å². The Bertz CT molecular complexity index is 1030. The summed E-state index contributed by atoms with van der Waals surface area (Å²) in [6, 6.07) is 21.0. The van der Waals surface area contributed by atoms with E-state index in [9.17, 15) is 0 Å². The monoisotopic (exact) mass is 364 g/mol. The van der Waals surface area contributed by atoms with Gasteiger partial charge in [-0.1, -0.05) is 52.3 Å². The minimum absolute atomic E-state index is 0.814. The number of benzene rings is 3. The molecule has 3 heteroatoms. The molecule has 0 spiro atoms. The van der Waals surface area contributed by atoms with Crippen molar-refractivity contribution >= 4 is 43.4 Å². The fourth-order valence-corrected chi connectivity index (χ4v) is 3.78. The highest BCUT2D eigenvalue weighted by Crippen LogP contribution is 2.38. The molecule has 0 atom stereocenters. The van der Waals surface area contributed by atoms with E-state index in [1.807, 2.05) is 18.2 Å². The van der Waals surface area contributed by atoms with Gasteiger partial charge in [0, 0.05) is 44.1 Å². The lowest BCUT2D eigenvalue weighted by molar-refractivity contribution is 0.828. The summed E-state index contributed by atoms with van der Waals surface area (Å²) in [6.07, 6.45) is 0. The molecule has 0 saturated heterocycles. The molecule has 1 heterocycles. The SMILES string of the molecule is CCn1c2ccc(Br)cc2c2cccc(-c3ccccc3N)c21. The quantitative estimate of drug-likeness (QED) is 0.446. The molecular formula is C20H17BrN2. The molecule has 23 heavy (non-hydrogen) atoms. The second-order valence-corrected chi connectivity index (χ2v) is 6.61. The van der Waals surface area contributed by atoms with Crippen LogP contribution in [-0.4, -0.2) is 4.57 Å². The van der Waals surface area contributed by atoms with Gasteiger partial charge >= 0.3 is 0 Å². The molecule has 2 N–H and O–H groups in total. The second kappa shape index (κ2) is 5.43. The number of para-hydroxylation sites is 2. The zero-order chi connectivity index (χ0) is 16.0. The molecule has 4 rings (SSSR count). The highest BCUT2D eigenvalue weighted by molar-refractivity contribution is 9.10. The second-order valence-electron chi connectivity index (χ2n) is 5.69. The lowest BCUT2D eigenvalue weighted by Crippen LogP contribution is -1.96. The van der Waals surface area contributed by atoms with Crippen LogP contribution >= 0.6 is 15.9 Å². The number of anilines is 1. The van der Waals surface area contributed by atoms with Crippen LogP contribution < -0.4 is 5.73 Å². The van der Waals surface area contributed by atoms with Gasteiger partial charge in [-0.2, -0.15) is 0 Å². The zero-order valence-corrected chi connectivity index (χ0v) is 14.5. The van der Waals surface area contributed by atoms with E-state index in [-0.39, 0.29) is 0 Å². The first-order valence-electron chi connectivity index (χ1n) is 7.76. The first kappa shape index (κ1) is 14.3. The molecule has 0 fully saturated rings. The summed E-state index contributed by atoms with van der Waals surface area (Å²) >= 11 is 3.60. The molecular weight excluding hydrogens is 348 g/mol. The van der Waals surface area contributed by atoms with Crippen LogP contribution in [-0.2, 0) is 6.54 Å². The molecule has 1 aromatic heterocycles. The number of halogens is 1. The lowest BCUT2D eigenvalue weighted by Gasteiger charge is -2.11. The van der Waals surface area contributed by atoms with Gasteiger partial charge in [0.15, 0.2) is 0 Å². The van der Waals surface area contributed by atoms with Crippen molar-refractivity contribution < 1.29 is 0 Å². The largest absolute Gasteiger partial charge is 0.398 e. The third kappa shape index (κ3) is 2.15. The van der Waals surface area contributed by atoms with E-state index < -0.39 is 0 Å². The van der Waals surface area contributed by atoms with Crippen molar-refractivity contribution in [3.8, 4) is 11.1 Å². The van der Waals surface area contributed by atoms with Crippen molar-refractivity contribution in [2.75, 3.05) is 5.73 Å². The van der Waals surface area contributed by atoms with Crippen molar-refractivity contribution in [3.63, 3.8) is 0 Å². The number of rotatable bonds is 2. The Kier molecular flexibility index (Phi) is 3.38. The Labute approximate surface area is 143 Å². The average molecular weight is 365 g/mol. The Morgan fingerprint density at radius 2 is 1.70 bits per heavy atom. The summed E-state index contributed by atoms with van der Waals surface area (Å²) in [7, 11) is 0. The van der Waals surface area contributed by atoms with E-state index in [4.69, 9.17) is 5.73 Å². The van der Waals surface area contributed by atoms with Crippen LogP contribution in [0.2, 0.25) is 0 Å². The number of fused-ring (bicyclic) bond motifs is 3. The molecule has 0 aliphatic heterocycles. The number of nitrogen functional groups attached to an aromatic ring is 1. The zero-order valence-electron chi connectivity index (χ0n) is 12.9. The van der Waals surface area contributed by atoms with E-state index in [1.54, 1.807) is 0 Å². The number of hydrogen-bond acceptors (Lipinski definition) is 1. The molecule has 0 bridgehead atoms. The normalized spacial score (nSPS) is 11.4. The molecule has 0 aliphatic rings. The number of hydrogen-bond donors (Lipinski definition) is 1. The van der Waals surface area contributed by atoms with Crippen LogP contribution in [0.15, 0.2) is 65.1 Å². The van der Waals surface area contributed by atoms with E-state index >= 15 is 0 Å². The molecule has 114 valence electrons. The van der Waals surface area contributed by atoms with Crippen LogP contribution in [0, 0.1) is 0 Å². The van der Waals surface area contributed by atoms with E-state index in [0.29, 0.717) is 0 Å². The van der Waals surface area contributed by atoms with Crippen molar-refractivity contribution in [3.05, 3.63) is 65.1 Å². The van der Waals surface area contributed by atoms with Gasteiger partial charge in [-0.15, -0.1) is 0 Å². The van der Waals surface area contributed by atoms with E-state index in [2.05, 4.69) is 69.9 Å². The fourth-order valence-electron chi connectivity index (χ4n) is 3.42. The molecule has 0 radical (unpaired) electrons. The topological polar surface area (TPSA) is 30.9 Å². The first-order chi connectivity index (χ1) is 11.2. The Balaban J connectivity index is 2.19. The number of aromatic nitrogens is 1. The summed E-state index contributed by atoms with van der Waals surface area (Å²) < 4.78 is 3.48. The van der Waals surface area contributed by atoms with Crippen LogP contribution in [0.1, 0.15) is 6.92 Å². The average Bonchev–Trinajstić information content (AvgIpc) is 2.88. The predicted octanol–water partition coefficient (Wildman–Crippen LogP) is 5.83. The Hall–Kier alpha value is -2.26. The van der Waals surface area contributed by atoms with E-state index in [1.165, 1.54) is 27.4 Å². The van der Waals surface area contributed by atoms with Crippen molar-refractivity contribution in [2.45, 2.75) is 13.5 Å². The molecule has 0 unspecified atom stereocenters. The van der Waals surface area contributed by atoms with Crippen LogP contribution in [0.4, 0.5) is 5.69 Å². The molecule has 0 aliphatic carbocycles. The van der Waals surface area contributed by atoms with Crippen LogP contribution in [0.5, 0.6) is 0 Å². The van der Waals surface area contributed by atoms with Gasteiger partial charge < -0.3 is 10.3 Å². The number of aryl methyl sites for hydroxylation is 1. The molecule has 4 aromatic rings. The maximum absolute atomic E-state index is 6.24. The minimum atomic E-state index is 0.814. The van der Waals surface area contributed by atoms with E-state index in [0.717, 1.165) is 22.3 Å². The highest BCUT2D eigenvalue weighted by Gasteiger charge is 2.15. The Morgan fingerprint density at radius 1 is 0.913 bits per heavy atom.